The van der Waals surface area contributed by atoms with Gasteiger partial charge in [-0.05, 0) is 12.8 Å². The Labute approximate surface area is 381 Å². The lowest BCUT2D eigenvalue weighted by atomic mass is 9.98. The van der Waals surface area contributed by atoms with Crippen LogP contribution >= 0.6 is 0 Å². The van der Waals surface area contributed by atoms with Gasteiger partial charge in [0.25, 0.3) is 0 Å². The zero-order chi connectivity index (χ0) is 45.3. The number of hydrogen-bond donors (Lipinski definition) is 7. The van der Waals surface area contributed by atoms with Gasteiger partial charge in [0.05, 0.1) is 25.4 Å². The number of amides is 1. The largest absolute Gasteiger partial charge is 0.394 e. The maximum atomic E-state index is 13.0. The maximum absolute atomic E-state index is 13.0. The molecule has 62 heavy (non-hydrogen) atoms. The molecule has 0 radical (unpaired) electrons. The molecule has 2 unspecified atom stereocenters. The van der Waals surface area contributed by atoms with Gasteiger partial charge in [-0.15, -0.1) is 0 Å². The van der Waals surface area contributed by atoms with Crippen molar-refractivity contribution in [3.8, 4) is 0 Å². The summed E-state index contributed by atoms with van der Waals surface area (Å²) in [5.41, 5.74) is 0. The fourth-order valence-corrected chi connectivity index (χ4v) is 8.97. The van der Waals surface area contributed by atoms with Gasteiger partial charge in [-0.25, -0.2) is 0 Å². The predicted molar refractivity (Wildman–Crippen MR) is 255 cm³/mol. The van der Waals surface area contributed by atoms with E-state index < -0.39 is 55.6 Å². The average Bonchev–Trinajstić information content (AvgIpc) is 3.27. The van der Waals surface area contributed by atoms with Crippen LogP contribution in [-0.4, -0.2) is 98.7 Å². The second-order valence-corrected chi connectivity index (χ2v) is 19.2. The Morgan fingerprint density at radius 2 is 0.839 bits per heavy atom. The molecule has 10 nitrogen and oxygen atoms in total. The van der Waals surface area contributed by atoms with Crippen LogP contribution in [0.5, 0.6) is 0 Å². The van der Waals surface area contributed by atoms with E-state index in [-0.39, 0.29) is 18.9 Å². The van der Waals surface area contributed by atoms with Gasteiger partial charge in [0.1, 0.15) is 30.5 Å². The van der Waals surface area contributed by atoms with Gasteiger partial charge < -0.3 is 45.4 Å². The Bertz CT molecular complexity index is 957. The average molecular weight is 886 g/mol. The van der Waals surface area contributed by atoms with E-state index in [0.717, 1.165) is 44.9 Å². The number of rotatable bonds is 46. The first kappa shape index (κ1) is 59.2. The molecule has 8 atom stereocenters. The topological polar surface area (TPSA) is 169 Å². The van der Waals surface area contributed by atoms with Gasteiger partial charge in [0, 0.05) is 6.42 Å². The van der Waals surface area contributed by atoms with E-state index in [0.29, 0.717) is 6.42 Å². The van der Waals surface area contributed by atoms with E-state index in [4.69, 9.17) is 9.47 Å². The van der Waals surface area contributed by atoms with Gasteiger partial charge in [0.2, 0.25) is 5.91 Å². The lowest BCUT2D eigenvalue weighted by Crippen LogP contribution is -2.60. The van der Waals surface area contributed by atoms with Gasteiger partial charge in [-0.1, -0.05) is 245 Å². The monoisotopic (exact) mass is 886 g/mol. The molecule has 0 aromatic carbocycles. The van der Waals surface area contributed by atoms with Crippen molar-refractivity contribution in [2.45, 2.75) is 313 Å². The summed E-state index contributed by atoms with van der Waals surface area (Å²) < 4.78 is 11.2. The second-order valence-electron chi connectivity index (χ2n) is 19.2. The summed E-state index contributed by atoms with van der Waals surface area (Å²) in [6.45, 7) is 3.61. The van der Waals surface area contributed by atoms with Crippen molar-refractivity contribution < 1.29 is 44.9 Å². The number of unbranched alkanes of at least 4 members (excludes halogenated alkanes) is 35. The third kappa shape index (κ3) is 31.9. The Morgan fingerprint density at radius 1 is 0.500 bits per heavy atom. The molecule has 1 fully saturated rings. The molecule has 370 valence electrons. The van der Waals surface area contributed by atoms with Gasteiger partial charge in [-0.3, -0.25) is 4.79 Å². The number of hydrogen-bond acceptors (Lipinski definition) is 9. The summed E-state index contributed by atoms with van der Waals surface area (Å²) in [7, 11) is 0. The molecule has 1 aliphatic heterocycles. The zero-order valence-electron chi connectivity index (χ0n) is 40.5. The van der Waals surface area contributed by atoms with Crippen molar-refractivity contribution in [2.75, 3.05) is 13.2 Å². The second kappa shape index (κ2) is 42.8. The van der Waals surface area contributed by atoms with Gasteiger partial charge >= 0.3 is 0 Å². The summed E-state index contributed by atoms with van der Waals surface area (Å²) in [5.74, 6) is -0.253. The number of aliphatic hydroxyl groups is 6. The van der Waals surface area contributed by atoms with Crippen molar-refractivity contribution in [3.63, 3.8) is 0 Å². The molecule has 1 amide bonds. The molecule has 0 aromatic heterocycles. The molecule has 1 saturated heterocycles. The highest BCUT2D eigenvalue weighted by Gasteiger charge is 2.44. The van der Waals surface area contributed by atoms with Crippen molar-refractivity contribution in [3.05, 3.63) is 0 Å². The van der Waals surface area contributed by atoms with E-state index in [9.17, 15) is 35.4 Å². The fourth-order valence-electron chi connectivity index (χ4n) is 8.97. The summed E-state index contributed by atoms with van der Waals surface area (Å²) in [4.78, 5) is 13.0. The third-order valence-electron chi connectivity index (χ3n) is 13.3. The Hall–Kier alpha value is -0.850. The lowest BCUT2D eigenvalue weighted by molar-refractivity contribution is -0.303. The summed E-state index contributed by atoms with van der Waals surface area (Å²) in [5, 5.41) is 65.1. The zero-order valence-corrected chi connectivity index (χ0v) is 40.5. The first-order valence-electron chi connectivity index (χ1n) is 26.8. The predicted octanol–water partition coefficient (Wildman–Crippen LogP) is 11.3. The van der Waals surface area contributed by atoms with Crippen molar-refractivity contribution in [2.24, 2.45) is 0 Å². The highest BCUT2D eigenvalue weighted by atomic mass is 16.7. The summed E-state index contributed by atoms with van der Waals surface area (Å²) in [6, 6.07) is -0.984. The molecule has 1 aliphatic rings. The maximum Gasteiger partial charge on any atom is 0.220 e. The number of aliphatic hydroxyl groups excluding tert-OH is 6. The first-order valence-corrected chi connectivity index (χ1v) is 26.8. The van der Waals surface area contributed by atoms with Crippen molar-refractivity contribution in [1.29, 1.82) is 0 Å². The van der Waals surface area contributed by atoms with Crippen molar-refractivity contribution >= 4 is 5.91 Å². The van der Waals surface area contributed by atoms with Crippen LogP contribution in [0.3, 0.4) is 0 Å². The SMILES string of the molecule is CCCCCCCCCCCCCCCCCCCCCCCCCCCCCCC(=O)N[C@@H](CO[C@@H]1O[C@H](CO)[C@H](O)C(O)C1O)[C@H](O)[C@H](O)CCCCCCCCCCC. The quantitative estimate of drug-likeness (QED) is 0.0294. The fraction of sp³-hybridized carbons (Fsp3) is 0.981. The van der Waals surface area contributed by atoms with Gasteiger partial charge in [0.15, 0.2) is 6.29 Å². The summed E-state index contributed by atoms with van der Waals surface area (Å²) in [6.07, 6.45) is 38.7. The number of carbonyl (C=O) groups excluding carboxylic acids is 1. The Balaban J connectivity index is 2.15. The van der Waals surface area contributed by atoms with Crippen LogP contribution in [0, 0.1) is 0 Å². The lowest BCUT2D eigenvalue weighted by Gasteiger charge is -2.40. The standard InChI is InChI=1S/C52H103NO9/c1-3-5-7-9-11-13-14-15-16-17-18-19-20-21-22-23-24-25-26-27-28-29-30-31-33-35-37-39-41-47(56)53-44(43-61-52-51(60)50(59)49(58)46(42-54)62-52)48(57)45(55)40-38-36-34-32-12-10-8-6-4-2/h44-46,48-52,54-55,57-60H,3-43H2,1-2H3,(H,53,56)/t44-,45+,46+,48-,49-,50?,51?,52+/m0/s1. The Kier molecular flexibility index (Phi) is 40.8. The van der Waals surface area contributed by atoms with Gasteiger partial charge in [-0.2, -0.15) is 0 Å². The van der Waals surface area contributed by atoms with Crippen LogP contribution in [0.25, 0.3) is 0 Å². The molecule has 7 N–H and O–H groups in total. The molecule has 1 heterocycles. The van der Waals surface area contributed by atoms with Crippen molar-refractivity contribution in [1.82, 2.24) is 5.32 Å². The molecule has 0 spiro atoms. The smallest absolute Gasteiger partial charge is 0.220 e. The molecule has 1 rings (SSSR count). The molecule has 0 aromatic rings. The normalized spacial score (nSPS) is 20.7. The van der Waals surface area contributed by atoms with E-state index in [2.05, 4.69) is 19.2 Å². The van der Waals surface area contributed by atoms with Crippen LogP contribution in [0.1, 0.15) is 264 Å². The minimum Gasteiger partial charge on any atom is -0.394 e. The molecule has 0 bridgehead atoms. The van der Waals surface area contributed by atoms with Crippen LogP contribution in [-0.2, 0) is 14.3 Å². The summed E-state index contributed by atoms with van der Waals surface area (Å²) >= 11 is 0. The highest BCUT2D eigenvalue weighted by molar-refractivity contribution is 5.76. The first-order chi connectivity index (χ1) is 30.3. The van der Waals surface area contributed by atoms with Crippen LogP contribution in [0.4, 0.5) is 0 Å². The number of nitrogens with one attached hydrogen (secondary N) is 1. The molecule has 0 saturated carbocycles. The van der Waals surface area contributed by atoms with E-state index >= 15 is 0 Å². The van der Waals surface area contributed by atoms with Crippen LogP contribution in [0.2, 0.25) is 0 Å². The minimum absolute atomic E-state index is 0.253. The van der Waals surface area contributed by atoms with E-state index in [1.54, 1.807) is 0 Å². The number of ether oxygens (including phenoxy) is 2. The highest BCUT2D eigenvalue weighted by Crippen LogP contribution is 2.23. The minimum atomic E-state index is -1.60. The number of carbonyl (C=O) groups is 1. The van der Waals surface area contributed by atoms with E-state index in [1.807, 2.05) is 0 Å². The van der Waals surface area contributed by atoms with E-state index in [1.165, 1.54) is 193 Å². The molecule has 0 aliphatic carbocycles. The van der Waals surface area contributed by atoms with Crippen LogP contribution in [0.15, 0.2) is 0 Å². The molecule has 10 heteroatoms. The molecular formula is C52H103NO9. The third-order valence-corrected chi connectivity index (χ3v) is 13.3. The van der Waals surface area contributed by atoms with Crippen LogP contribution < -0.4 is 5.32 Å². The molecular weight excluding hydrogens is 783 g/mol. The Morgan fingerprint density at radius 3 is 1.19 bits per heavy atom.